The molecule has 4 rings (SSSR count). The van der Waals surface area contributed by atoms with E-state index in [9.17, 15) is 18.4 Å². The molecule has 0 spiro atoms. The van der Waals surface area contributed by atoms with Gasteiger partial charge in [0.25, 0.3) is 0 Å². The predicted octanol–water partition coefficient (Wildman–Crippen LogP) is 8.19. The van der Waals surface area contributed by atoms with Crippen LogP contribution in [-0.4, -0.2) is 24.3 Å². The van der Waals surface area contributed by atoms with E-state index in [0.717, 1.165) is 0 Å². The van der Waals surface area contributed by atoms with Crippen LogP contribution >= 0.6 is 31.9 Å². The van der Waals surface area contributed by atoms with Gasteiger partial charge in [-0.25, -0.2) is 18.4 Å². The first-order chi connectivity index (χ1) is 16.4. The van der Waals surface area contributed by atoms with Crippen LogP contribution in [-0.2, 0) is 9.47 Å². The van der Waals surface area contributed by atoms with Crippen LogP contribution in [0.3, 0.4) is 0 Å². The van der Waals surface area contributed by atoms with Crippen molar-refractivity contribution in [2.24, 2.45) is 0 Å². The fourth-order valence-electron chi connectivity index (χ4n) is 2.88. The van der Waals surface area contributed by atoms with E-state index in [1.54, 1.807) is 39.8 Å². The fourth-order valence-corrected chi connectivity index (χ4v) is 3.74. The standard InChI is InChI=1S/C13H13BrFNO3.C11H8BrFO3/c1-13(2,3)19-12(17)16-10-6-7-8(14)4-5-9(15)11(7)18-10;1-2-15-11(14)9-5-6-7(12)3-4-8(13)10(6)16-9/h4-6H,1-3H3,(H,16,17);3-5H,2H2,1H3. The monoisotopic (exact) mass is 615 g/mol. The lowest BCUT2D eigenvalue weighted by Crippen LogP contribution is -2.27. The Balaban J connectivity index is 0.000000198. The van der Waals surface area contributed by atoms with E-state index < -0.39 is 29.3 Å². The van der Waals surface area contributed by atoms with Crippen LogP contribution in [0.1, 0.15) is 38.2 Å². The molecule has 2 aromatic carbocycles. The first kappa shape index (κ1) is 26.7. The van der Waals surface area contributed by atoms with Crippen molar-refractivity contribution in [2.75, 3.05) is 11.9 Å². The molecule has 0 unspecified atom stereocenters. The smallest absolute Gasteiger partial charge is 0.414 e. The molecule has 1 N–H and O–H groups in total. The third-order valence-corrected chi connectivity index (χ3v) is 5.65. The molecule has 0 bridgehead atoms. The number of halogens is 4. The highest BCUT2D eigenvalue weighted by Crippen LogP contribution is 2.32. The molecule has 0 aliphatic heterocycles. The summed E-state index contributed by atoms with van der Waals surface area (Å²) in [4.78, 5) is 23.0. The molecule has 0 atom stereocenters. The van der Waals surface area contributed by atoms with Crippen LogP contribution in [0.25, 0.3) is 21.9 Å². The molecule has 4 aromatic rings. The van der Waals surface area contributed by atoms with Crippen molar-refractivity contribution < 1.29 is 36.7 Å². The Bertz CT molecular complexity index is 1310. The molecule has 2 heterocycles. The number of furan rings is 2. The van der Waals surface area contributed by atoms with Gasteiger partial charge in [0.05, 0.1) is 6.61 Å². The Morgan fingerprint density at radius 3 is 1.97 bits per heavy atom. The van der Waals surface area contributed by atoms with Crippen molar-refractivity contribution in [2.45, 2.75) is 33.3 Å². The second kappa shape index (κ2) is 10.8. The number of ether oxygens (including phenoxy) is 2. The fraction of sp³-hybridized carbons (Fsp3) is 0.250. The zero-order valence-corrected chi connectivity index (χ0v) is 22.3. The van der Waals surface area contributed by atoms with Crippen molar-refractivity contribution in [1.82, 2.24) is 0 Å². The summed E-state index contributed by atoms with van der Waals surface area (Å²) in [6.45, 7) is 7.20. The van der Waals surface area contributed by atoms with Gasteiger partial charge in [-0.05, 0) is 52.0 Å². The SMILES string of the molecule is CC(C)(C)OC(=O)Nc1cc2c(Br)ccc(F)c2o1.CCOC(=O)c1cc2c(Br)ccc(F)c2o1. The maximum Gasteiger partial charge on any atom is 0.414 e. The summed E-state index contributed by atoms with van der Waals surface area (Å²) >= 11 is 6.54. The molecule has 0 saturated carbocycles. The topological polar surface area (TPSA) is 90.9 Å². The number of carbonyl (C=O) groups excluding carboxylic acids is 2. The quantitative estimate of drug-likeness (QED) is 0.233. The van der Waals surface area contributed by atoms with Crippen molar-refractivity contribution in [3.05, 3.63) is 62.7 Å². The van der Waals surface area contributed by atoms with Crippen LogP contribution in [0.2, 0.25) is 0 Å². The molecule has 1 amide bonds. The Labute approximate surface area is 216 Å². The Kier molecular flexibility index (Phi) is 8.22. The number of hydrogen-bond acceptors (Lipinski definition) is 6. The summed E-state index contributed by atoms with van der Waals surface area (Å²) in [5.41, 5.74) is -0.472. The van der Waals surface area contributed by atoms with Gasteiger partial charge in [0.1, 0.15) is 5.60 Å². The third-order valence-electron chi connectivity index (χ3n) is 4.27. The average Bonchev–Trinajstić information content (AvgIpc) is 3.39. The molecule has 35 heavy (non-hydrogen) atoms. The average molecular weight is 617 g/mol. The molecule has 0 aliphatic carbocycles. The maximum atomic E-state index is 13.5. The lowest BCUT2D eigenvalue weighted by molar-refractivity contribution is 0.0491. The van der Waals surface area contributed by atoms with Gasteiger partial charge in [-0.15, -0.1) is 0 Å². The van der Waals surface area contributed by atoms with E-state index in [4.69, 9.17) is 18.3 Å². The van der Waals surface area contributed by atoms with Crippen LogP contribution in [0.5, 0.6) is 0 Å². The highest BCUT2D eigenvalue weighted by Gasteiger charge is 2.19. The number of carbonyl (C=O) groups is 2. The van der Waals surface area contributed by atoms with Crippen LogP contribution < -0.4 is 5.32 Å². The van der Waals surface area contributed by atoms with Gasteiger partial charge in [0.15, 0.2) is 22.8 Å². The molecule has 0 aliphatic rings. The first-order valence-electron chi connectivity index (χ1n) is 10.3. The summed E-state index contributed by atoms with van der Waals surface area (Å²) < 4.78 is 48.5. The second-order valence-corrected chi connectivity index (χ2v) is 9.82. The lowest BCUT2D eigenvalue weighted by atomic mass is 10.2. The molecule has 7 nitrogen and oxygen atoms in total. The summed E-state index contributed by atoms with van der Waals surface area (Å²) in [7, 11) is 0. The molecule has 0 fully saturated rings. The van der Waals surface area contributed by atoms with Crippen LogP contribution in [0.15, 0.2) is 54.2 Å². The molecular weight excluding hydrogens is 596 g/mol. The molecular formula is C24H21Br2F2NO6. The maximum absolute atomic E-state index is 13.5. The number of hydrogen-bond donors (Lipinski definition) is 1. The molecule has 0 saturated heterocycles. The number of benzene rings is 2. The second-order valence-electron chi connectivity index (χ2n) is 8.11. The van der Waals surface area contributed by atoms with E-state index in [2.05, 4.69) is 37.2 Å². The Morgan fingerprint density at radius 2 is 1.49 bits per heavy atom. The Morgan fingerprint density at radius 1 is 0.943 bits per heavy atom. The van der Waals surface area contributed by atoms with Crippen LogP contribution in [0.4, 0.5) is 19.5 Å². The minimum Gasteiger partial charge on any atom is -0.460 e. The van der Waals surface area contributed by atoms with Crippen molar-refractivity contribution in [3.8, 4) is 0 Å². The highest BCUT2D eigenvalue weighted by atomic mass is 79.9. The normalized spacial score (nSPS) is 11.2. The van der Waals surface area contributed by atoms with Gasteiger partial charge >= 0.3 is 12.1 Å². The lowest BCUT2D eigenvalue weighted by Gasteiger charge is -2.18. The van der Waals surface area contributed by atoms with E-state index >= 15 is 0 Å². The summed E-state index contributed by atoms with van der Waals surface area (Å²) in [6.07, 6.45) is -0.650. The van der Waals surface area contributed by atoms with Crippen molar-refractivity contribution >= 4 is 71.7 Å². The third kappa shape index (κ3) is 6.61. The number of anilines is 1. The highest BCUT2D eigenvalue weighted by molar-refractivity contribution is 9.11. The van der Waals surface area contributed by atoms with Gasteiger partial charge in [-0.3, -0.25) is 5.32 Å². The van der Waals surface area contributed by atoms with Crippen molar-refractivity contribution in [1.29, 1.82) is 0 Å². The summed E-state index contributed by atoms with van der Waals surface area (Å²) in [5, 5.41) is 3.49. The first-order valence-corrected chi connectivity index (χ1v) is 11.9. The minimum atomic E-state index is -0.650. The van der Waals surface area contributed by atoms with Gasteiger partial charge in [0, 0.05) is 31.9 Å². The van der Waals surface area contributed by atoms with E-state index in [1.165, 1.54) is 24.3 Å². The molecule has 2 aromatic heterocycles. The van der Waals surface area contributed by atoms with Crippen molar-refractivity contribution in [3.63, 3.8) is 0 Å². The van der Waals surface area contributed by atoms with Gasteiger partial charge in [-0.1, -0.05) is 31.9 Å². The van der Waals surface area contributed by atoms with Gasteiger partial charge < -0.3 is 18.3 Å². The van der Waals surface area contributed by atoms with E-state index in [0.29, 0.717) is 19.7 Å². The summed E-state index contributed by atoms with van der Waals surface area (Å²) in [6, 6.07) is 8.68. The van der Waals surface area contributed by atoms with Crippen LogP contribution in [0, 0.1) is 11.6 Å². The minimum absolute atomic E-state index is 0.00245. The van der Waals surface area contributed by atoms with Gasteiger partial charge in [-0.2, -0.15) is 0 Å². The number of fused-ring (bicyclic) bond motifs is 2. The molecule has 186 valence electrons. The molecule has 0 radical (unpaired) electrons. The zero-order chi connectivity index (χ0) is 25.9. The predicted molar refractivity (Wildman–Crippen MR) is 134 cm³/mol. The number of nitrogens with one attached hydrogen (secondary N) is 1. The van der Waals surface area contributed by atoms with Gasteiger partial charge in [0.2, 0.25) is 11.6 Å². The summed E-state index contributed by atoms with van der Waals surface area (Å²) in [5.74, 6) is -1.45. The Hall–Kier alpha value is -2.92. The molecule has 11 heteroatoms. The zero-order valence-electron chi connectivity index (χ0n) is 19.1. The van der Waals surface area contributed by atoms with E-state index in [-0.39, 0.29) is 29.4 Å². The number of esters is 1. The largest absolute Gasteiger partial charge is 0.460 e. The number of amides is 1. The number of rotatable bonds is 3. The van der Waals surface area contributed by atoms with E-state index in [1.807, 2.05) is 0 Å².